The summed E-state index contributed by atoms with van der Waals surface area (Å²) in [6.07, 6.45) is 0. The molecule has 28 heavy (non-hydrogen) atoms. The van der Waals surface area contributed by atoms with Crippen LogP contribution in [-0.2, 0) is 0 Å². The van der Waals surface area contributed by atoms with Gasteiger partial charge in [0.1, 0.15) is 5.56 Å². The molecule has 0 aromatic heterocycles. The van der Waals surface area contributed by atoms with Crippen molar-refractivity contribution in [1.29, 1.82) is 0 Å². The first-order valence-electron chi connectivity index (χ1n) is 9.20. The van der Waals surface area contributed by atoms with Gasteiger partial charge in [0.15, 0.2) is 0 Å². The number of carbonyl (C=O) groups excluding carboxylic acids is 1. The van der Waals surface area contributed by atoms with Gasteiger partial charge in [0.2, 0.25) is 0 Å². The van der Waals surface area contributed by atoms with Crippen molar-refractivity contribution in [2.24, 2.45) is 0 Å². The van der Waals surface area contributed by atoms with E-state index in [9.17, 15) is 14.9 Å². The number of hydrogen-bond acceptors (Lipinski definition) is 5. The van der Waals surface area contributed by atoms with Gasteiger partial charge in [-0.3, -0.25) is 19.8 Å². The van der Waals surface area contributed by atoms with Crippen LogP contribution in [0.5, 0.6) is 0 Å². The molecule has 0 atom stereocenters. The lowest BCUT2D eigenvalue weighted by atomic mass is 10.1. The first-order valence-corrected chi connectivity index (χ1v) is 9.58. The second-order valence-electron chi connectivity index (χ2n) is 6.84. The highest BCUT2D eigenvalue weighted by Crippen LogP contribution is 2.23. The normalized spacial score (nSPS) is 14.7. The maximum absolute atomic E-state index is 12.3. The van der Waals surface area contributed by atoms with Crippen LogP contribution in [0, 0.1) is 17.0 Å². The number of piperazine rings is 1. The molecule has 148 valence electrons. The summed E-state index contributed by atoms with van der Waals surface area (Å²) in [6, 6.07) is 12.5. The van der Waals surface area contributed by atoms with Gasteiger partial charge in [-0.15, -0.1) is 0 Å². The van der Waals surface area contributed by atoms with E-state index < -0.39 is 10.8 Å². The molecule has 0 saturated carbocycles. The molecule has 0 radical (unpaired) electrons. The molecular formula is C20H23ClN4O3. The van der Waals surface area contributed by atoms with E-state index in [1.165, 1.54) is 29.4 Å². The number of aryl methyl sites for hydroxylation is 1. The summed E-state index contributed by atoms with van der Waals surface area (Å²) < 4.78 is 0. The molecular weight excluding hydrogens is 380 g/mol. The molecule has 1 heterocycles. The van der Waals surface area contributed by atoms with Crippen LogP contribution >= 0.6 is 11.6 Å². The molecule has 3 rings (SSSR count). The second-order valence-corrected chi connectivity index (χ2v) is 7.28. The maximum Gasteiger partial charge on any atom is 0.283 e. The minimum atomic E-state index is -0.592. The second kappa shape index (κ2) is 9.03. The minimum absolute atomic E-state index is 0.0265. The molecule has 1 amide bonds. The lowest BCUT2D eigenvalue weighted by molar-refractivity contribution is -0.385. The fourth-order valence-corrected chi connectivity index (χ4v) is 3.49. The Balaban J connectivity index is 1.47. The van der Waals surface area contributed by atoms with Gasteiger partial charge in [0.25, 0.3) is 11.6 Å². The summed E-state index contributed by atoms with van der Waals surface area (Å²) in [5.41, 5.74) is 2.23. The van der Waals surface area contributed by atoms with E-state index in [0.717, 1.165) is 26.2 Å². The van der Waals surface area contributed by atoms with Crippen molar-refractivity contribution in [3.63, 3.8) is 0 Å². The van der Waals surface area contributed by atoms with Crippen LogP contribution in [0.3, 0.4) is 0 Å². The summed E-state index contributed by atoms with van der Waals surface area (Å²) >= 11 is 5.79. The number of nitrogens with zero attached hydrogens (tertiary/aromatic N) is 3. The molecule has 1 saturated heterocycles. The number of nitro groups is 1. The van der Waals surface area contributed by atoms with Gasteiger partial charge in [0.05, 0.1) is 4.92 Å². The number of nitrogens with one attached hydrogen (secondary N) is 1. The van der Waals surface area contributed by atoms with Crippen molar-refractivity contribution >= 4 is 28.9 Å². The van der Waals surface area contributed by atoms with Crippen LogP contribution in [-0.4, -0.2) is 55.0 Å². The molecule has 0 unspecified atom stereocenters. The van der Waals surface area contributed by atoms with Gasteiger partial charge in [-0.05, 0) is 36.8 Å². The van der Waals surface area contributed by atoms with Gasteiger partial charge in [0, 0.05) is 56.0 Å². The lowest BCUT2D eigenvalue weighted by Gasteiger charge is -2.36. The Labute approximate surface area is 169 Å². The van der Waals surface area contributed by atoms with E-state index in [0.29, 0.717) is 13.1 Å². The SMILES string of the molecule is Cc1cccc(N2CCN(CCNC(=O)c3ccc(Cl)cc3[N+](=O)[O-])CC2)c1. The van der Waals surface area contributed by atoms with Gasteiger partial charge in [-0.1, -0.05) is 23.7 Å². The quantitative estimate of drug-likeness (QED) is 0.593. The zero-order valence-electron chi connectivity index (χ0n) is 15.7. The van der Waals surface area contributed by atoms with Crippen LogP contribution < -0.4 is 10.2 Å². The molecule has 1 fully saturated rings. The summed E-state index contributed by atoms with van der Waals surface area (Å²) in [5.74, 6) is -0.457. The van der Waals surface area contributed by atoms with Crippen molar-refractivity contribution in [3.8, 4) is 0 Å². The number of nitro benzene ring substituents is 1. The van der Waals surface area contributed by atoms with Crippen LogP contribution in [0.25, 0.3) is 0 Å². The molecule has 1 aliphatic rings. The third-order valence-corrected chi connectivity index (χ3v) is 5.09. The van der Waals surface area contributed by atoms with E-state index >= 15 is 0 Å². The zero-order valence-corrected chi connectivity index (χ0v) is 16.5. The maximum atomic E-state index is 12.3. The van der Waals surface area contributed by atoms with Crippen LogP contribution in [0.2, 0.25) is 5.02 Å². The Morgan fingerprint density at radius 2 is 1.93 bits per heavy atom. The first kappa shape index (κ1) is 20.1. The smallest absolute Gasteiger partial charge is 0.283 e. The minimum Gasteiger partial charge on any atom is -0.369 e. The third kappa shape index (κ3) is 4.99. The monoisotopic (exact) mass is 402 g/mol. The lowest BCUT2D eigenvalue weighted by Crippen LogP contribution is -2.48. The van der Waals surface area contributed by atoms with Crippen LogP contribution in [0.15, 0.2) is 42.5 Å². The van der Waals surface area contributed by atoms with E-state index in [1.54, 1.807) is 0 Å². The van der Waals surface area contributed by atoms with E-state index in [2.05, 4.69) is 46.3 Å². The fraction of sp³-hybridized carbons (Fsp3) is 0.350. The Hall–Kier alpha value is -2.64. The van der Waals surface area contributed by atoms with Gasteiger partial charge < -0.3 is 10.2 Å². The van der Waals surface area contributed by atoms with E-state index in [-0.39, 0.29) is 16.3 Å². The highest BCUT2D eigenvalue weighted by molar-refractivity contribution is 6.31. The molecule has 0 aliphatic carbocycles. The predicted octanol–water partition coefficient (Wildman–Crippen LogP) is 3.11. The highest BCUT2D eigenvalue weighted by atomic mass is 35.5. The van der Waals surface area contributed by atoms with Gasteiger partial charge in [-0.25, -0.2) is 0 Å². The largest absolute Gasteiger partial charge is 0.369 e. The number of hydrogen-bond donors (Lipinski definition) is 1. The number of halogens is 1. The zero-order chi connectivity index (χ0) is 20.1. The summed E-state index contributed by atoms with van der Waals surface area (Å²) in [6.45, 7) is 6.90. The van der Waals surface area contributed by atoms with E-state index in [1.807, 2.05) is 0 Å². The molecule has 1 aliphatic heterocycles. The number of amides is 1. The average molecular weight is 403 g/mol. The Kier molecular flexibility index (Phi) is 6.49. The molecule has 0 bridgehead atoms. The summed E-state index contributed by atoms with van der Waals surface area (Å²) in [5, 5.41) is 14.1. The Bertz CT molecular complexity index is 866. The van der Waals surface area contributed by atoms with Crippen molar-refractivity contribution in [3.05, 3.63) is 68.7 Å². The fourth-order valence-electron chi connectivity index (χ4n) is 3.32. The molecule has 8 heteroatoms. The van der Waals surface area contributed by atoms with Gasteiger partial charge >= 0.3 is 0 Å². The highest BCUT2D eigenvalue weighted by Gasteiger charge is 2.21. The van der Waals surface area contributed by atoms with Crippen LogP contribution in [0.4, 0.5) is 11.4 Å². The van der Waals surface area contributed by atoms with Crippen molar-refractivity contribution in [2.75, 3.05) is 44.2 Å². The molecule has 0 spiro atoms. The number of rotatable bonds is 6. The number of anilines is 1. The average Bonchev–Trinajstić information content (AvgIpc) is 2.68. The summed E-state index contributed by atoms with van der Waals surface area (Å²) in [4.78, 5) is 27.5. The standard InChI is InChI=1S/C20H23ClN4O3/c1-15-3-2-4-17(13-15)24-11-9-23(10-12-24)8-7-22-20(26)18-6-5-16(21)14-19(18)25(27)28/h2-6,13-14H,7-12H2,1H3,(H,22,26). The van der Waals surface area contributed by atoms with E-state index in [4.69, 9.17) is 11.6 Å². The topological polar surface area (TPSA) is 78.7 Å². The summed E-state index contributed by atoms with van der Waals surface area (Å²) in [7, 11) is 0. The molecule has 7 nitrogen and oxygen atoms in total. The van der Waals surface area contributed by atoms with Crippen molar-refractivity contribution in [1.82, 2.24) is 10.2 Å². The molecule has 2 aromatic rings. The molecule has 1 N–H and O–H groups in total. The van der Waals surface area contributed by atoms with Crippen molar-refractivity contribution < 1.29 is 9.72 Å². The number of benzene rings is 2. The molecule has 2 aromatic carbocycles. The van der Waals surface area contributed by atoms with Crippen molar-refractivity contribution in [2.45, 2.75) is 6.92 Å². The number of carbonyl (C=O) groups is 1. The Morgan fingerprint density at radius 3 is 2.61 bits per heavy atom. The first-order chi connectivity index (χ1) is 13.4. The van der Waals surface area contributed by atoms with Crippen LogP contribution in [0.1, 0.15) is 15.9 Å². The Morgan fingerprint density at radius 1 is 1.18 bits per heavy atom. The van der Waals surface area contributed by atoms with Gasteiger partial charge in [-0.2, -0.15) is 0 Å². The third-order valence-electron chi connectivity index (χ3n) is 4.85. The predicted molar refractivity (Wildman–Crippen MR) is 110 cm³/mol.